The summed E-state index contributed by atoms with van der Waals surface area (Å²) in [4.78, 5) is 2.35. The molecular formula is C25H30Cl2N4O2S2. The first-order valence-corrected chi connectivity index (χ1v) is 12.2. The summed E-state index contributed by atoms with van der Waals surface area (Å²) < 4.78 is 11.0. The zero-order chi connectivity index (χ0) is 24.0. The average Bonchev–Trinajstić information content (AvgIpc) is 2.80. The highest BCUT2D eigenvalue weighted by Gasteiger charge is 2.10. The molecule has 10 heteroatoms. The van der Waals surface area contributed by atoms with Crippen molar-refractivity contribution < 1.29 is 9.47 Å². The Hall–Kier alpha value is -2.52. The van der Waals surface area contributed by atoms with E-state index in [-0.39, 0.29) is 36.5 Å². The lowest BCUT2D eigenvalue weighted by molar-refractivity contribution is 0.411. The second-order valence-corrected chi connectivity index (χ2v) is 9.54. The highest BCUT2D eigenvalue weighted by atomic mass is 35.5. The van der Waals surface area contributed by atoms with Gasteiger partial charge in [0.2, 0.25) is 0 Å². The number of ether oxygens (including phenoxy) is 2. The number of amidine groups is 2. The number of halogens is 2. The summed E-state index contributed by atoms with van der Waals surface area (Å²) in [5.41, 5.74) is 15.8. The fraction of sp³-hybridized carbons (Fsp3) is 0.200. The van der Waals surface area contributed by atoms with E-state index >= 15 is 0 Å². The monoisotopic (exact) mass is 552 g/mol. The minimum atomic E-state index is 0. The molecule has 0 spiro atoms. The zero-order valence-electron chi connectivity index (χ0n) is 19.7. The van der Waals surface area contributed by atoms with Crippen molar-refractivity contribution in [3.8, 4) is 11.5 Å². The fourth-order valence-corrected chi connectivity index (χ4v) is 5.42. The number of hydrogen-bond acceptors (Lipinski definition) is 6. The first-order valence-electron chi connectivity index (χ1n) is 10.2. The smallest absolute Gasteiger partial charge is 0.123 e. The van der Waals surface area contributed by atoms with Gasteiger partial charge in [-0.3, -0.25) is 10.8 Å². The number of nitrogen functional groups attached to an aromatic ring is 2. The van der Waals surface area contributed by atoms with Gasteiger partial charge < -0.3 is 20.9 Å². The molecule has 0 amide bonds. The van der Waals surface area contributed by atoms with E-state index in [1.165, 1.54) is 15.4 Å². The van der Waals surface area contributed by atoms with Gasteiger partial charge in [0.15, 0.2) is 0 Å². The number of thioether (sulfide) groups is 2. The molecule has 3 rings (SSSR count). The van der Waals surface area contributed by atoms with Gasteiger partial charge in [-0.1, -0.05) is 24.3 Å². The van der Waals surface area contributed by atoms with E-state index < -0.39 is 0 Å². The molecule has 6 N–H and O–H groups in total. The summed E-state index contributed by atoms with van der Waals surface area (Å²) in [6.45, 7) is 2.10. The number of benzene rings is 3. The van der Waals surface area contributed by atoms with Gasteiger partial charge in [-0.2, -0.15) is 0 Å². The van der Waals surface area contributed by atoms with Crippen LogP contribution in [0.5, 0.6) is 11.5 Å². The van der Waals surface area contributed by atoms with Gasteiger partial charge in [0.1, 0.15) is 23.2 Å². The van der Waals surface area contributed by atoms with E-state index in [0.29, 0.717) is 11.1 Å². The van der Waals surface area contributed by atoms with Gasteiger partial charge in [0.25, 0.3) is 0 Å². The lowest BCUT2D eigenvalue weighted by Crippen LogP contribution is -2.11. The van der Waals surface area contributed by atoms with Crippen LogP contribution in [0.25, 0.3) is 0 Å². The van der Waals surface area contributed by atoms with E-state index in [9.17, 15) is 0 Å². The quantitative estimate of drug-likeness (QED) is 0.139. The minimum Gasteiger partial charge on any atom is -0.496 e. The van der Waals surface area contributed by atoms with E-state index in [2.05, 4.69) is 25.1 Å². The molecule has 0 atom stereocenters. The van der Waals surface area contributed by atoms with Crippen molar-refractivity contribution in [2.75, 3.05) is 14.2 Å². The second-order valence-electron chi connectivity index (χ2n) is 7.44. The van der Waals surface area contributed by atoms with Gasteiger partial charge >= 0.3 is 0 Å². The largest absolute Gasteiger partial charge is 0.496 e. The van der Waals surface area contributed by atoms with Crippen LogP contribution in [0.3, 0.4) is 0 Å². The molecule has 0 saturated heterocycles. The summed E-state index contributed by atoms with van der Waals surface area (Å²) in [7, 11) is 3.26. The third kappa shape index (κ3) is 8.28. The standard InChI is InChI=1S/C25H28N4O2S2.2ClH/c1-15-8-20(32-13-18-6-4-16(24(26)27)10-22(18)30-2)12-21(9-15)33-14-19-7-5-17(25(28)29)11-23(19)31-3;;/h4-12H,13-14H2,1-3H3,(H3,26,27)(H3,28,29);2*1H. The normalized spacial score (nSPS) is 10.0. The van der Waals surface area contributed by atoms with Crippen LogP contribution in [-0.4, -0.2) is 25.9 Å². The van der Waals surface area contributed by atoms with E-state index in [4.69, 9.17) is 31.8 Å². The van der Waals surface area contributed by atoms with Crippen molar-refractivity contribution in [1.29, 1.82) is 10.8 Å². The fourth-order valence-electron chi connectivity index (χ4n) is 3.27. The van der Waals surface area contributed by atoms with Gasteiger partial charge in [-0.25, -0.2) is 0 Å². The summed E-state index contributed by atoms with van der Waals surface area (Å²) in [5, 5.41) is 15.2. The molecule has 3 aromatic carbocycles. The Morgan fingerprint density at radius 3 is 1.46 bits per heavy atom. The van der Waals surface area contributed by atoms with Crippen LogP contribution in [-0.2, 0) is 11.5 Å². The molecule has 35 heavy (non-hydrogen) atoms. The molecule has 0 radical (unpaired) electrons. The van der Waals surface area contributed by atoms with Crippen molar-refractivity contribution in [3.63, 3.8) is 0 Å². The Morgan fingerprint density at radius 2 is 1.11 bits per heavy atom. The van der Waals surface area contributed by atoms with Crippen LogP contribution in [0, 0.1) is 17.7 Å². The number of methoxy groups -OCH3 is 2. The minimum absolute atomic E-state index is 0. The van der Waals surface area contributed by atoms with Gasteiger partial charge in [-0.05, 0) is 42.8 Å². The highest BCUT2D eigenvalue weighted by Crippen LogP contribution is 2.34. The highest BCUT2D eigenvalue weighted by molar-refractivity contribution is 7.99. The molecule has 0 unspecified atom stereocenters. The number of hydrogen-bond donors (Lipinski definition) is 4. The molecule has 6 nitrogen and oxygen atoms in total. The predicted octanol–water partition coefficient (Wildman–Crippen LogP) is 6.01. The van der Waals surface area contributed by atoms with E-state index in [0.717, 1.165) is 34.1 Å². The van der Waals surface area contributed by atoms with Gasteiger partial charge in [-0.15, -0.1) is 48.3 Å². The lowest BCUT2D eigenvalue weighted by Gasteiger charge is -2.12. The Balaban J connectivity index is 0.00000306. The van der Waals surface area contributed by atoms with Crippen molar-refractivity contribution in [2.24, 2.45) is 11.5 Å². The van der Waals surface area contributed by atoms with Crippen LogP contribution in [0.4, 0.5) is 0 Å². The van der Waals surface area contributed by atoms with Crippen LogP contribution in [0.15, 0.2) is 64.4 Å². The predicted molar refractivity (Wildman–Crippen MR) is 153 cm³/mol. The Labute approximate surface area is 227 Å². The molecule has 0 aliphatic rings. The second kappa shape index (κ2) is 14.1. The van der Waals surface area contributed by atoms with Crippen LogP contribution in [0.2, 0.25) is 0 Å². The SMILES string of the molecule is COc1cc(C(=N)N)ccc1CSc1cc(C)cc(SCc2ccc(C(=N)N)cc2OC)c1.Cl.Cl. The molecule has 0 aliphatic heterocycles. The molecule has 0 saturated carbocycles. The third-order valence-corrected chi connectivity index (χ3v) is 7.06. The summed E-state index contributed by atoms with van der Waals surface area (Å²) in [6, 6.07) is 17.8. The first kappa shape index (κ1) is 30.5. The van der Waals surface area contributed by atoms with E-state index in [1.54, 1.807) is 49.9 Å². The molecule has 3 aromatic rings. The Bertz CT molecular complexity index is 1100. The maximum absolute atomic E-state index is 7.61. The molecule has 0 fully saturated rings. The Morgan fingerprint density at radius 1 is 0.714 bits per heavy atom. The molecular weight excluding hydrogens is 523 g/mol. The zero-order valence-corrected chi connectivity index (χ0v) is 23.0. The topological polar surface area (TPSA) is 118 Å². The first-order chi connectivity index (χ1) is 15.8. The van der Waals surface area contributed by atoms with Gasteiger partial charge in [0, 0.05) is 43.6 Å². The molecule has 0 aliphatic carbocycles. The Kier molecular flexibility index (Phi) is 12.3. The van der Waals surface area contributed by atoms with Crippen LogP contribution in [0.1, 0.15) is 27.8 Å². The molecule has 0 aromatic heterocycles. The van der Waals surface area contributed by atoms with Crippen molar-refractivity contribution in [3.05, 3.63) is 82.4 Å². The lowest BCUT2D eigenvalue weighted by atomic mass is 10.1. The van der Waals surface area contributed by atoms with Crippen molar-refractivity contribution in [1.82, 2.24) is 0 Å². The number of rotatable bonds is 10. The summed E-state index contributed by atoms with van der Waals surface area (Å²) in [5.74, 6) is 3.02. The van der Waals surface area contributed by atoms with Crippen molar-refractivity contribution >= 4 is 60.0 Å². The number of aryl methyl sites for hydroxylation is 1. The van der Waals surface area contributed by atoms with Crippen LogP contribution >= 0.6 is 48.3 Å². The maximum atomic E-state index is 7.61. The number of nitrogens with one attached hydrogen (secondary N) is 2. The summed E-state index contributed by atoms with van der Waals surface area (Å²) >= 11 is 3.48. The third-order valence-electron chi connectivity index (χ3n) is 5.01. The van der Waals surface area contributed by atoms with Crippen LogP contribution < -0.4 is 20.9 Å². The number of nitrogens with two attached hydrogens (primary N) is 2. The maximum Gasteiger partial charge on any atom is 0.123 e. The molecule has 188 valence electrons. The average molecular weight is 554 g/mol. The van der Waals surface area contributed by atoms with Crippen molar-refractivity contribution in [2.45, 2.75) is 28.2 Å². The van der Waals surface area contributed by atoms with Gasteiger partial charge in [0.05, 0.1) is 14.2 Å². The molecule has 0 heterocycles. The van der Waals surface area contributed by atoms with E-state index in [1.807, 2.05) is 24.3 Å². The molecule has 0 bridgehead atoms. The summed E-state index contributed by atoms with van der Waals surface area (Å²) in [6.07, 6.45) is 0.